The summed E-state index contributed by atoms with van der Waals surface area (Å²) < 4.78 is 39.2. The van der Waals surface area contributed by atoms with Crippen LogP contribution in [-0.2, 0) is 20.9 Å². The lowest BCUT2D eigenvalue weighted by Crippen LogP contribution is -2.54. The number of hydrazine groups is 1. The van der Waals surface area contributed by atoms with Crippen molar-refractivity contribution in [3.8, 4) is 0 Å². The summed E-state index contributed by atoms with van der Waals surface area (Å²) in [6.07, 6.45) is 12.1. The monoisotopic (exact) mass is 595 g/mol. The highest BCUT2D eigenvalue weighted by atomic mass is 35.5. The minimum atomic E-state index is -2.22. The van der Waals surface area contributed by atoms with E-state index in [1.807, 2.05) is 17.1 Å². The molecule has 0 bridgehead atoms. The van der Waals surface area contributed by atoms with Gasteiger partial charge >= 0.3 is 0 Å². The number of amides is 2. The lowest BCUT2D eigenvalue weighted by Gasteiger charge is -2.37. The second kappa shape index (κ2) is 12.7. The summed E-state index contributed by atoms with van der Waals surface area (Å²) in [5.74, 6) is -2.04. The van der Waals surface area contributed by atoms with Crippen LogP contribution in [0.2, 0.25) is 0 Å². The van der Waals surface area contributed by atoms with Gasteiger partial charge in [0, 0.05) is 55.8 Å². The topological polar surface area (TPSA) is 125 Å². The van der Waals surface area contributed by atoms with E-state index in [0.717, 1.165) is 17.0 Å². The molecule has 0 aromatic carbocycles. The number of halogens is 2. The first-order valence-corrected chi connectivity index (χ1v) is 15.1. The molecule has 10 nitrogen and oxygen atoms in total. The van der Waals surface area contributed by atoms with Crippen LogP contribution in [0, 0.1) is 17.8 Å². The number of nitrogens with zero attached hydrogens (tertiary/aromatic N) is 3. The zero-order chi connectivity index (χ0) is 28.4. The van der Waals surface area contributed by atoms with Gasteiger partial charge < -0.3 is 10.0 Å². The molecular formula is C27H35ClFN5O5S. The highest BCUT2D eigenvalue weighted by Gasteiger charge is 2.47. The van der Waals surface area contributed by atoms with Crippen molar-refractivity contribution in [1.29, 1.82) is 0 Å². The van der Waals surface area contributed by atoms with Crippen LogP contribution in [0.5, 0.6) is 0 Å². The molecule has 7 atom stereocenters. The predicted molar refractivity (Wildman–Crippen MR) is 149 cm³/mol. The Morgan fingerprint density at radius 3 is 2.62 bits per heavy atom. The Kier molecular flexibility index (Phi) is 9.23. The third kappa shape index (κ3) is 6.42. The maximum atomic E-state index is 15.1. The van der Waals surface area contributed by atoms with E-state index >= 15 is 4.39 Å². The molecule has 0 aromatic heterocycles. The normalized spacial score (nSPS) is 34.8. The van der Waals surface area contributed by atoms with Gasteiger partial charge in [0.25, 0.3) is 5.91 Å². The van der Waals surface area contributed by atoms with Gasteiger partial charge in [-0.25, -0.2) is 14.0 Å². The van der Waals surface area contributed by atoms with E-state index in [1.165, 1.54) is 22.5 Å². The molecule has 0 radical (unpaired) electrons. The van der Waals surface area contributed by atoms with Crippen molar-refractivity contribution in [2.45, 2.75) is 44.1 Å². The van der Waals surface area contributed by atoms with Gasteiger partial charge in [0.05, 0.1) is 12.1 Å². The fourth-order valence-corrected chi connectivity index (χ4v) is 7.27. The summed E-state index contributed by atoms with van der Waals surface area (Å²) in [4.78, 5) is 29.4. The van der Waals surface area contributed by atoms with Crippen LogP contribution in [-0.4, -0.2) is 90.9 Å². The summed E-state index contributed by atoms with van der Waals surface area (Å²) >= 11 is 3.90. The molecule has 13 heteroatoms. The number of nitrogens with one attached hydrogen (secondary N) is 2. The van der Waals surface area contributed by atoms with Crippen molar-refractivity contribution < 1.29 is 27.8 Å². The van der Waals surface area contributed by atoms with Crippen LogP contribution in [0.25, 0.3) is 0 Å². The molecule has 2 amide bonds. The van der Waals surface area contributed by atoms with Crippen molar-refractivity contribution in [3.05, 3.63) is 58.9 Å². The second-order valence-corrected chi connectivity index (χ2v) is 12.3. The van der Waals surface area contributed by atoms with E-state index in [1.54, 1.807) is 17.1 Å². The summed E-state index contributed by atoms with van der Waals surface area (Å²) in [6, 6.07) is -0.211. The number of carbonyl (C=O) groups is 2. The number of aliphatic hydroxyl groups is 1. The number of hydrogen-bond acceptors (Lipinski definition) is 6. The molecule has 218 valence electrons. The lowest BCUT2D eigenvalue weighted by molar-refractivity contribution is -0.137. The molecule has 6 unspecified atom stereocenters. The van der Waals surface area contributed by atoms with Crippen LogP contribution in [0.4, 0.5) is 4.39 Å². The van der Waals surface area contributed by atoms with Gasteiger partial charge in [0.2, 0.25) is 17.2 Å². The molecule has 2 saturated heterocycles. The van der Waals surface area contributed by atoms with E-state index in [4.69, 9.17) is 11.6 Å². The molecule has 2 aliphatic carbocycles. The molecule has 0 saturated carbocycles. The van der Waals surface area contributed by atoms with Crippen molar-refractivity contribution in [3.63, 3.8) is 0 Å². The van der Waals surface area contributed by atoms with E-state index in [2.05, 4.69) is 10.9 Å². The number of likely N-dealkylation sites (tertiary alicyclic amines) is 1. The number of hydrogen-bond donors (Lipinski definition) is 4. The Morgan fingerprint density at radius 2 is 1.95 bits per heavy atom. The van der Waals surface area contributed by atoms with Crippen LogP contribution < -0.4 is 10.9 Å². The molecule has 2 fully saturated rings. The summed E-state index contributed by atoms with van der Waals surface area (Å²) in [6.45, 7) is 1.74. The summed E-state index contributed by atoms with van der Waals surface area (Å²) in [5, 5.41) is 10.5. The first-order chi connectivity index (χ1) is 19.2. The van der Waals surface area contributed by atoms with Crippen molar-refractivity contribution in [2.24, 2.45) is 17.8 Å². The van der Waals surface area contributed by atoms with Gasteiger partial charge in [0.15, 0.2) is 0 Å². The maximum absolute atomic E-state index is 15.1. The zero-order valence-electron chi connectivity index (χ0n) is 22.0. The highest BCUT2D eigenvalue weighted by molar-refractivity contribution is 7.76. The van der Waals surface area contributed by atoms with Crippen molar-refractivity contribution >= 4 is 34.7 Å². The number of allylic oxidation sites excluding steroid dienone is 6. The molecular weight excluding hydrogens is 561 g/mol. The van der Waals surface area contributed by atoms with E-state index in [9.17, 15) is 23.5 Å². The smallest absolute Gasteiger partial charge is 0.257 e. The SMILES string of the molecule is O=C1C=CC(N2CC(C(=O)N3CCCC(C4=CC=C(Cl)CC4)N(S(=O)O)CC3)[C@H](C3C=CC(O)=CC3F)C2)NN1. The molecule has 0 spiro atoms. The average Bonchev–Trinajstić information content (AvgIpc) is 3.34. The average molecular weight is 596 g/mol. The number of aliphatic hydroxyl groups excluding tert-OH is 1. The van der Waals surface area contributed by atoms with Crippen LogP contribution in [0.1, 0.15) is 25.7 Å². The van der Waals surface area contributed by atoms with Crippen molar-refractivity contribution in [1.82, 2.24) is 25.0 Å². The van der Waals surface area contributed by atoms with Gasteiger partial charge in [-0.2, -0.15) is 4.31 Å². The fraction of sp³-hybridized carbons (Fsp3) is 0.556. The summed E-state index contributed by atoms with van der Waals surface area (Å²) in [7, 11) is 0. The Morgan fingerprint density at radius 1 is 1.12 bits per heavy atom. The van der Waals surface area contributed by atoms with E-state index in [0.29, 0.717) is 38.9 Å². The standard InChI is InChI=1S/C27H35ClFN5O5S/c28-18-5-3-17(4-6-18)24-2-1-11-32(12-13-34(24)40(38)39)27(37)22-16-33(25-9-10-26(36)31-30-25)15-21(22)20-8-7-19(35)14-23(20)29/h3,5,7-10,14,20-25,30,35H,1-2,4,6,11-13,15-16H2,(H,31,36)(H,38,39)/t20?,21-,22?,23?,24?,25?/m0/s1. The maximum Gasteiger partial charge on any atom is 0.257 e. The highest BCUT2D eigenvalue weighted by Crippen LogP contribution is 2.38. The zero-order valence-corrected chi connectivity index (χ0v) is 23.6. The van der Waals surface area contributed by atoms with Crippen molar-refractivity contribution in [2.75, 3.05) is 32.7 Å². The molecule has 3 heterocycles. The van der Waals surface area contributed by atoms with Gasteiger partial charge in [-0.05, 0) is 55.9 Å². The minimum absolute atomic E-state index is 0.121. The molecule has 4 N–H and O–H groups in total. The van der Waals surface area contributed by atoms with E-state index < -0.39 is 29.3 Å². The third-order valence-corrected chi connectivity index (χ3v) is 9.63. The van der Waals surface area contributed by atoms with Gasteiger partial charge in [0.1, 0.15) is 11.9 Å². The number of carbonyl (C=O) groups excluding carboxylic acids is 2. The second-order valence-electron chi connectivity index (χ2n) is 10.8. The third-order valence-electron chi connectivity index (χ3n) is 8.47. The lowest BCUT2D eigenvalue weighted by atomic mass is 9.78. The Balaban J connectivity index is 1.33. The molecule has 40 heavy (non-hydrogen) atoms. The van der Waals surface area contributed by atoms with E-state index in [-0.39, 0.29) is 48.8 Å². The van der Waals surface area contributed by atoms with Gasteiger partial charge in [-0.1, -0.05) is 29.3 Å². The molecule has 5 rings (SSSR count). The van der Waals surface area contributed by atoms with Crippen LogP contribution in [0.3, 0.4) is 0 Å². The predicted octanol–water partition coefficient (Wildman–Crippen LogP) is 2.29. The Bertz CT molecular complexity index is 1190. The Labute approximate surface area is 240 Å². The fourth-order valence-electron chi connectivity index (χ4n) is 6.41. The minimum Gasteiger partial charge on any atom is -0.508 e. The van der Waals surface area contributed by atoms with Gasteiger partial charge in [-0.15, -0.1) is 0 Å². The van der Waals surface area contributed by atoms with Crippen LogP contribution in [0.15, 0.2) is 58.9 Å². The Hall–Kier alpha value is -2.35. The largest absolute Gasteiger partial charge is 0.508 e. The number of alkyl halides is 1. The molecule has 5 aliphatic rings. The quantitative estimate of drug-likeness (QED) is 0.359. The van der Waals surface area contributed by atoms with Crippen LogP contribution >= 0.6 is 11.6 Å². The number of rotatable bonds is 5. The first kappa shape index (κ1) is 29.2. The first-order valence-electron chi connectivity index (χ1n) is 13.6. The van der Waals surface area contributed by atoms with Gasteiger partial charge in [-0.3, -0.25) is 24.5 Å². The molecule has 3 aliphatic heterocycles. The summed E-state index contributed by atoms with van der Waals surface area (Å²) in [5.41, 5.74) is 6.57. The molecule has 0 aromatic rings.